The standard InChI is InChI=1S/C13H15F5N2/c14-9-1-2-12(11(15)4-9)20-6-8(3-10(19)7-20)5-13(16,17)18/h1-2,4,8,10H,3,5-7,19H2. The molecule has 1 aromatic rings. The number of benzene rings is 1. The van der Waals surface area contributed by atoms with Crippen molar-refractivity contribution in [2.24, 2.45) is 11.7 Å². The van der Waals surface area contributed by atoms with Crippen molar-refractivity contribution in [2.45, 2.75) is 25.1 Å². The van der Waals surface area contributed by atoms with Crippen LogP contribution >= 0.6 is 0 Å². The van der Waals surface area contributed by atoms with Gasteiger partial charge in [-0.1, -0.05) is 0 Å². The van der Waals surface area contributed by atoms with E-state index in [0.29, 0.717) is 6.07 Å². The molecule has 0 radical (unpaired) electrons. The highest BCUT2D eigenvalue weighted by molar-refractivity contribution is 5.48. The molecule has 0 bridgehead atoms. The summed E-state index contributed by atoms with van der Waals surface area (Å²) in [6.07, 6.45) is -4.96. The van der Waals surface area contributed by atoms with Crippen LogP contribution in [-0.4, -0.2) is 25.3 Å². The van der Waals surface area contributed by atoms with Gasteiger partial charge in [0, 0.05) is 31.6 Å². The first-order chi connectivity index (χ1) is 9.24. The van der Waals surface area contributed by atoms with Crippen LogP contribution in [-0.2, 0) is 0 Å². The molecule has 1 heterocycles. The summed E-state index contributed by atoms with van der Waals surface area (Å²) in [6.45, 7) is 0.326. The van der Waals surface area contributed by atoms with Crippen LogP contribution < -0.4 is 10.6 Å². The van der Waals surface area contributed by atoms with Gasteiger partial charge in [-0.3, -0.25) is 0 Å². The highest BCUT2D eigenvalue weighted by Crippen LogP contribution is 2.32. The fourth-order valence-corrected chi connectivity index (χ4v) is 2.66. The van der Waals surface area contributed by atoms with E-state index in [1.807, 2.05) is 0 Å². The molecule has 0 saturated carbocycles. The lowest BCUT2D eigenvalue weighted by Gasteiger charge is -2.38. The summed E-state index contributed by atoms with van der Waals surface area (Å²) in [4.78, 5) is 1.46. The van der Waals surface area contributed by atoms with Crippen molar-refractivity contribution in [3.8, 4) is 0 Å². The van der Waals surface area contributed by atoms with Gasteiger partial charge in [0.1, 0.15) is 11.6 Å². The van der Waals surface area contributed by atoms with E-state index >= 15 is 0 Å². The fraction of sp³-hybridized carbons (Fsp3) is 0.538. The Bertz CT molecular complexity index is 474. The molecular weight excluding hydrogens is 279 g/mol. The summed E-state index contributed by atoms with van der Waals surface area (Å²) in [5.41, 5.74) is 5.84. The van der Waals surface area contributed by atoms with E-state index in [1.165, 1.54) is 11.0 Å². The van der Waals surface area contributed by atoms with Gasteiger partial charge in [-0.05, 0) is 24.5 Å². The van der Waals surface area contributed by atoms with Gasteiger partial charge < -0.3 is 10.6 Å². The molecular formula is C13H15F5N2. The van der Waals surface area contributed by atoms with Crippen LogP contribution in [0.3, 0.4) is 0 Å². The molecule has 2 rings (SSSR count). The van der Waals surface area contributed by atoms with Crippen molar-refractivity contribution in [3.05, 3.63) is 29.8 Å². The van der Waals surface area contributed by atoms with Crippen LogP contribution in [0.1, 0.15) is 12.8 Å². The van der Waals surface area contributed by atoms with E-state index in [-0.39, 0.29) is 25.2 Å². The van der Waals surface area contributed by atoms with Crippen LogP contribution in [0.15, 0.2) is 18.2 Å². The molecule has 2 N–H and O–H groups in total. The van der Waals surface area contributed by atoms with E-state index < -0.39 is 36.2 Å². The lowest BCUT2D eigenvalue weighted by molar-refractivity contribution is -0.145. The average Bonchev–Trinajstić information content (AvgIpc) is 2.25. The molecule has 112 valence electrons. The minimum atomic E-state index is -4.27. The number of nitrogens with zero attached hydrogens (tertiary/aromatic N) is 1. The summed E-state index contributed by atoms with van der Waals surface area (Å²) in [6, 6.07) is 2.57. The van der Waals surface area contributed by atoms with Crippen molar-refractivity contribution >= 4 is 5.69 Å². The topological polar surface area (TPSA) is 29.3 Å². The number of rotatable bonds is 2. The van der Waals surface area contributed by atoms with Crippen LogP contribution in [0, 0.1) is 17.6 Å². The Kier molecular flexibility index (Phi) is 4.17. The highest BCUT2D eigenvalue weighted by atomic mass is 19.4. The van der Waals surface area contributed by atoms with E-state index in [4.69, 9.17) is 5.73 Å². The highest BCUT2D eigenvalue weighted by Gasteiger charge is 2.36. The lowest BCUT2D eigenvalue weighted by atomic mass is 9.91. The van der Waals surface area contributed by atoms with Crippen LogP contribution in [0.5, 0.6) is 0 Å². The monoisotopic (exact) mass is 294 g/mol. The Morgan fingerprint density at radius 2 is 1.90 bits per heavy atom. The Morgan fingerprint density at radius 3 is 2.50 bits per heavy atom. The zero-order valence-corrected chi connectivity index (χ0v) is 10.6. The molecule has 0 aromatic heterocycles. The normalized spacial score (nSPS) is 24.0. The van der Waals surface area contributed by atoms with Gasteiger partial charge in [0.15, 0.2) is 0 Å². The number of nitrogens with two attached hydrogens (primary N) is 1. The van der Waals surface area contributed by atoms with Crippen molar-refractivity contribution in [2.75, 3.05) is 18.0 Å². The summed E-state index contributed by atoms with van der Waals surface area (Å²) >= 11 is 0. The van der Waals surface area contributed by atoms with E-state index in [0.717, 1.165) is 6.07 Å². The minimum Gasteiger partial charge on any atom is -0.367 e. The fourth-order valence-electron chi connectivity index (χ4n) is 2.66. The summed E-state index contributed by atoms with van der Waals surface area (Å²) < 4.78 is 63.9. The van der Waals surface area contributed by atoms with Gasteiger partial charge in [0.2, 0.25) is 0 Å². The zero-order valence-electron chi connectivity index (χ0n) is 10.6. The number of anilines is 1. The van der Waals surface area contributed by atoms with E-state index in [2.05, 4.69) is 0 Å². The molecule has 2 atom stereocenters. The molecule has 1 aliphatic heterocycles. The van der Waals surface area contributed by atoms with Gasteiger partial charge in [-0.2, -0.15) is 13.2 Å². The van der Waals surface area contributed by atoms with Crippen molar-refractivity contribution in [1.82, 2.24) is 0 Å². The molecule has 7 heteroatoms. The number of piperidine rings is 1. The second-order valence-corrected chi connectivity index (χ2v) is 5.18. The first-order valence-electron chi connectivity index (χ1n) is 6.27. The minimum absolute atomic E-state index is 0.0652. The summed E-state index contributed by atoms with van der Waals surface area (Å²) in [5.74, 6) is -2.19. The third-order valence-corrected chi connectivity index (χ3v) is 3.34. The zero-order chi connectivity index (χ0) is 14.9. The maximum absolute atomic E-state index is 13.7. The third-order valence-electron chi connectivity index (χ3n) is 3.34. The summed E-state index contributed by atoms with van der Waals surface area (Å²) in [5, 5.41) is 0. The van der Waals surface area contributed by atoms with E-state index in [1.54, 1.807) is 0 Å². The molecule has 1 saturated heterocycles. The van der Waals surface area contributed by atoms with Gasteiger partial charge >= 0.3 is 6.18 Å². The Hall–Kier alpha value is -1.37. The summed E-state index contributed by atoms with van der Waals surface area (Å²) in [7, 11) is 0. The maximum Gasteiger partial charge on any atom is 0.389 e. The Balaban J connectivity index is 2.15. The van der Waals surface area contributed by atoms with Crippen molar-refractivity contribution in [3.63, 3.8) is 0 Å². The van der Waals surface area contributed by atoms with E-state index in [9.17, 15) is 22.0 Å². The van der Waals surface area contributed by atoms with Crippen LogP contribution in [0.2, 0.25) is 0 Å². The third kappa shape index (κ3) is 3.82. The predicted molar refractivity (Wildman–Crippen MR) is 65.3 cm³/mol. The molecule has 0 aliphatic carbocycles. The molecule has 2 nitrogen and oxygen atoms in total. The SMILES string of the molecule is NC1CC(CC(F)(F)F)CN(c2ccc(F)cc2F)C1. The first kappa shape index (κ1) is 15.0. The smallest absolute Gasteiger partial charge is 0.367 e. The largest absolute Gasteiger partial charge is 0.389 e. The Labute approximate surface area is 113 Å². The molecule has 1 fully saturated rings. The molecule has 0 spiro atoms. The van der Waals surface area contributed by atoms with Gasteiger partial charge in [-0.15, -0.1) is 0 Å². The Morgan fingerprint density at radius 1 is 1.20 bits per heavy atom. The van der Waals surface area contributed by atoms with Gasteiger partial charge in [0.25, 0.3) is 0 Å². The van der Waals surface area contributed by atoms with Crippen molar-refractivity contribution < 1.29 is 22.0 Å². The molecule has 2 unspecified atom stereocenters. The second-order valence-electron chi connectivity index (χ2n) is 5.18. The average molecular weight is 294 g/mol. The molecule has 20 heavy (non-hydrogen) atoms. The number of alkyl halides is 3. The maximum atomic E-state index is 13.7. The van der Waals surface area contributed by atoms with Crippen LogP contribution in [0.4, 0.5) is 27.6 Å². The molecule has 1 aromatic carbocycles. The second kappa shape index (κ2) is 5.55. The van der Waals surface area contributed by atoms with Crippen LogP contribution in [0.25, 0.3) is 0 Å². The molecule has 1 aliphatic rings. The number of hydrogen-bond donors (Lipinski definition) is 1. The number of halogens is 5. The predicted octanol–water partition coefficient (Wildman–Crippen LogP) is 3.07. The molecule has 0 amide bonds. The van der Waals surface area contributed by atoms with Gasteiger partial charge in [-0.25, -0.2) is 8.78 Å². The quantitative estimate of drug-likeness (QED) is 0.849. The first-order valence-corrected chi connectivity index (χ1v) is 6.27. The van der Waals surface area contributed by atoms with Gasteiger partial charge in [0.05, 0.1) is 5.69 Å². The lowest BCUT2D eigenvalue weighted by Crippen LogP contribution is -2.48. The van der Waals surface area contributed by atoms with Crippen molar-refractivity contribution in [1.29, 1.82) is 0 Å². The number of hydrogen-bond acceptors (Lipinski definition) is 2.